The van der Waals surface area contributed by atoms with E-state index in [0.29, 0.717) is 38.6 Å². The second-order valence-corrected chi connectivity index (χ2v) is 10.0. The van der Waals surface area contributed by atoms with Crippen LogP contribution in [0.3, 0.4) is 0 Å². The van der Waals surface area contributed by atoms with Crippen LogP contribution in [0.5, 0.6) is 0 Å². The number of rotatable bonds is 9. The number of piperazine rings is 1. The van der Waals surface area contributed by atoms with Gasteiger partial charge in [-0.25, -0.2) is 12.8 Å². The van der Waals surface area contributed by atoms with Gasteiger partial charge in [-0.2, -0.15) is 4.31 Å². The molecular formula is C20H33FN3O3S+. The molecule has 8 heteroatoms. The molecule has 2 N–H and O–H groups in total. The zero-order valence-electron chi connectivity index (χ0n) is 17.1. The smallest absolute Gasteiger partial charge is 0.275 e. The number of hydrogen-bond donors (Lipinski definition) is 2. The molecule has 28 heavy (non-hydrogen) atoms. The molecule has 0 aromatic heterocycles. The number of hydrogen-bond acceptors (Lipinski definition) is 3. The first-order valence-corrected chi connectivity index (χ1v) is 11.5. The van der Waals surface area contributed by atoms with Gasteiger partial charge in [-0.3, -0.25) is 4.79 Å². The molecule has 158 valence electrons. The van der Waals surface area contributed by atoms with Gasteiger partial charge >= 0.3 is 0 Å². The monoisotopic (exact) mass is 414 g/mol. The van der Waals surface area contributed by atoms with Gasteiger partial charge in [-0.15, -0.1) is 0 Å². The third-order valence-corrected chi connectivity index (χ3v) is 6.99. The van der Waals surface area contributed by atoms with E-state index < -0.39 is 15.8 Å². The molecule has 6 nitrogen and oxygen atoms in total. The molecule has 0 aliphatic carbocycles. The minimum atomic E-state index is -3.69. The number of carbonyl (C=O) groups excluding carboxylic acids is 1. The number of carbonyl (C=O) groups is 1. The lowest BCUT2D eigenvalue weighted by Gasteiger charge is -2.31. The maximum atomic E-state index is 13.4. The number of nitrogens with zero attached hydrogens (tertiary/aromatic N) is 1. The summed E-state index contributed by atoms with van der Waals surface area (Å²) in [6.45, 7) is 8.53. The van der Waals surface area contributed by atoms with Gasteiger partial charge in [0, 0.05) is 6.04 Å². The Morgan fingerprint density at radius 1 is 1.21 bits per heavy atom. The van der Waals surface area contributed by atoms with Crippen molar-refractivity contribution in [1.82, 2.24) is 9.62 Å². The molecule has 0 radical (unpaired) electrons. The van der Waals surface area contributed by atoms with Crippen LogP contribution in [0.1, 0.15) is 40.0 Å². The Kier molecular flexibility index (Phi) is 8.39. The summed E-state index contributed by atoms with van der Waals surface area (Å²) >= 11 is 0. The fourth-order valence-electron chi connectivity index (χ4n) is 3.45. The first-order chi connectivity index (χ1) is 13.2. The minimum Gasteiger partial charge on any atom is -0.349 e. The van der Waals surface area contributed by atoms with Crippen LogP contribution in [0.15, 0.2) is 29.2 Å². The minimum absolute atomic E-state index is 0.00786. The third kappa shape index (κ3) is 6.83. The molecule has 0 unspecified atom stereocenters. The van der Waals surface area contributed by atoms with E-state index in [1.165, 1.54) is 22.5 Å². The van der Waals surface area contributed by atoms with E-state index in [1.807, 2.05) is 6.92 Å². The molecule has 1 heterocycles. The highest BCUT2D eigenvalue weighted by molar-refractivity contribution is 7.89. The standard InChI is InChI=1S/C20H32FN3O3S/c1-16(2)6-4-7-17(3)22-20(25)15-23-10-12-24(13-11-23)28(26,27)19-9-5-8-18(21)14-19/h5,8-9,14,16-17H,4,6-7,10-13,15H2,1-3H3,(H,22,25)/p+1/t17-/m0/s1. The van der Waals surface area contributed by atoms with E-state index in [9.17, 15) is 17.6 Å². The van der Waals surface area contributed by atoms with Crippen LogP contribution in [0.2, 0.25) is 0 Å². The maximum Gasteiger partial charge on any atom is 0.275 e. The van der Waals surface area contributed by atoms with Gasteiger partial charge in [0.2, 0.25) is 10.0 Å². The fraction of sp³-hybridized carbons (Fsp3) is 0.650. The van der Waals surface area contributed by atoms with Crippen LogP contribution in [0.4, 0.5) is 4.39 Å². The Morgan fingerprint density at radius 3 is 2.50 bits per heavy atom. The molecule has 1 amide bonds. The van der Waals surface area contributed by atoms with Crippen molar-refractivity contribution in [3.8, 4) is 0 Å². The summed E-state index contributed by atoms with van der Waals surface area (Å²) in [4.78, 5) is 13.3. The molecule has 0 spiro atoms. The zero-order valence-corrected chi connectivity index (χ0v) is 17.9. The van der Waals surface area contributed by atoms with Crippen molar-refractivity contribution in [2.24, 2.45) is 5.92 Å². The molecule has 1 aromatic carbocycles. The summed E-state index contributed by atoms with van der Waals surface area (Å²) in [6, 6.07) is 5.23. The average Bonchev–Trinajstić information content (AvgIpc) is 2.61. The molecule has 0 saturated carbocycles. The second kappa shape index (κ2) is 10.3. The van der Waals surface area contributed by atoms with Gasteiger partial charge in [0.05, 0.1) is 31.1 Å². The number of amides is 1. The average molecular weight is 415 g/mol. The Balaban J connectivity index is 1.78. The van der Waals surface area contributed by atoms with E-state index in [0.717, 1.165) is 30.2 Å². The van der Waals surface area contributed by atoms with Crippen molar-refractivity contribution < 1.29 is 22.5 Å². The lowest BCUT2D eigenvalue weighted by atomic mass is 10.0. The molecule has 1 saturated heterocycles. The Bertz CT molecular complexity index is 747. The van der Waals surface area contributed by atoms with E-state index in [2.05, 4.69) is 19.2 Å². The highest BCUT2D eigenvalue weighted by Crippen LogP contribution is 2.16. The van der Waals surface area contributed by atoms with Crippen molar-refractivity contribution in [2.75, 3.05) is 32.7 Å². The molecule has 1 atom stereocenters. The van der Waals surface area contributed by atoms with Gasteiger partial charge in [0.25, 0.3) is 5.91 Å². The maximum absolute atomic E-state index is 13.4. The molecular weight excluding hydrogens is 381 g/mol. The lowest BCUT2D eigenvalue weighted by Crippen LogP contribution is -3.15. The number of sulfonamides is 1. The van der Waals surface area contributed by atoms with Gasteiger partial charge < -0.3 is 10.2 Å². The highest BCUT2D eigenvalue weighted by Gasteiger charge is 2.31. The third-order valence-electron chi connectivity index (χ3n) is 5.10. The van der Waals surface area contributed by atoms with Crippen LogP contribution in [0.25, 0.3) is 0 Å². The fourth-order valence-corrected chi connectivity index (χ4v) is 4.93. The number of nitrogens with one attached hydrogen (secondary N) is 2. The number of quaternary nitrogens is 1. The number of benzene rings is 1. The van der Waals surface area contributed by atoms with Crippen LogP contribution >= 0.6 is 0 Å². The van der Waals surface area contributed by atoms with Crippen LogP contribution in [-0.2, 0) is 14.8 Å². The van der Waals surface area contributed by atoms with Crippen molar-refractivity contribution in [3.05, 3.63) is 30.1 Å². The summed E-state index contributed by atoms with van der Waals surface area (Å²) < 4.78 is 40.0. The summed E-state index contributed by atoms with van der Waals surface area (Å²) in [5.41, 5.74) is 0. The largest absolute Gasteiger partial charge is 0.349 e. The van der Waals surface area contributed by atoms with Gasteiger partial charge in [0.15, 0.2) is 6.54 Å². The quantitative estimate of drug-likeness (QED) is 0.635. The van der Waals surface area contributed by atoms with Gasteiger partial charge in [0.1, 0.15) is 5.82 Å². The molecule has 1 fully saturated rings. The normalized spacial score (nSPS) is 17.6. The van der Waals surface area contributed by atoms with Crippen molar-refractivity contribution in [2.45, 2.75) is 51.0 Å². The predicted molar refractivity (Wildman–Crippen MR) is 107 cm³/mol. The molecule has 2 rings (SSSR count). The second-order valence-electron chi connectivity index (χ2n) is 8.08. The van der Waals surface area contributed by atoms with E-state index in [-0.39, 0.29) is 16.8 Å². The molecule has 1 aromatic rings. The molecule has 1 aliphatic rings. The van der Waals surface area contributed by atoms with Crippen LogP contribution in [-0.4, -0.2) is 57.4 Å². The topological polar surface area (TPSA) is 70.9 Å². The zero-order chi connectivity index (χ0) is 20.7. The van der Waals surface area contributed by atoms with E-state index in [1.54, 1.807) is 0 Å². The van der Waals surface area contributed by atoms with E-state index >= 15 is 0 Å². The molecule has 1 aliphatic heterocycles. The Labute approximate surface area is 168 Å². The predicted octanol–water partition coefficient (Wildman–Crippen LogP) is 1.05. The summed E-state index contributed by atoms with van der Waals surface area (Å²) in [7, 11) is -3.69. The van der Waals surface area contributed by atoms with Crippen LogP contribution < -0.4 is 10.2 Å². The van der Waals surface area contributed by atoms with Gasteiger partial charge in [-0.05, 0) is 37.5 Å². The first kappa shape index (κ1) is 22.8. The van der Waals surface area contributed by atoms with Crippen molar-refractivity contribution in [1.29, 1.82) is 0 Å². The first-order valence-electron chi connectivity index (χ1n) is 10.1. The Hall–Kier alpha value is -1.51. The summed E-state index contributed by atoms with van der Waals surface area (Å²) in [6.07, 6.45) is 3.23. The summed E-state index contributed by atoms with van der Waals surface area (Å²) in [5, 5.41) is 3.04. The van der Waals surface area contributed by atoms with Gasteiger partial charge in [-0.1, -0.05) is 32.8 Å². The highest BCUT2D eigenvalue weighted by atomic mass is 32.2. The van der Waals surface area contributed by atoms with Crippen molar-refractivity contribution >= 4 is 15.9 Å². The Morgan fingerprint density at radius 2 is 1.89 bits per heavy atom. The lowest BCUT2D eigenvalue weighted by molar-refractivity contribution is -0.895. The SMILES string of the molecule is CC(C)CCC[C@H](C)NC(=O)C[NH+]1CCN(S(=O)(=O)c2cccc(F)c2)CC1. The molecule has 0 bridgehead atoms. The van der Waals surface area contributed by atoms with Crippen LogP contribution in [0, 0.1) is 11.7 Å². The van der Waals surface area contributed by atoms with Crippen molar-refractivity contribution in [3.63, 3.8) is 0 Å². The van der Waals surface area contributed by atoms with E-state index in [4.69, 9.17) is 0 Å². The summed E-state index contributed by atoms with van der Waals surface area (Å²) in [5.74, 6) is 0.116. The number of halogens is 1.